The van der Waals surface area contributed by atoms with Crippen molar-refractivity contribution < 1.29 is 0 Å². The van der Waals surface area contributed by atoms with Gasteiger partial charge in [-0.3, -0.25) is 0 Å². The molecule has 0 amide bonds. The van der Waals surface area contributed by atoms with E-state index in [9.17, 15) is 0 Å². The minimum Gasteiger partial charge on any atom is -0.398 e. The van der Waals surface area contributed by atoms with Crippen molar-refractivity contribution in [2.75, 3.05) is 5.73 Å². The lowest BCUT2D eigenvalue weighted by Crippen LogP contribution is -1.89. The number of anilines is 1. The summed E-state index contributed by atoms with van der Waals surface area (Å²) >= 11 is 25.1. The second-order valence-corrected chi connectivity index (χ2v) is 6.23. The molecule has 18 heavy (non-hydrogen) atoms. The molecule has 94 valence electrons. The first-order valence-corrected chi connectivity index (χ1v) is 7.17. The van der Waals surface area contributed by atoms with Crippen molar-refractivity contribution in [1.29, 1.82) is 0 Å². The molecule has 0 unspecified atom stereocenters. The summed E-state index contributed by atoms with van der Waals surface area (Å²) in [7, 11) is 0. The van der Waals surface area contributed by atoms with Crippen LogP contribution in [0.15, 0.2) is 40.1 Å². The van der Waals surface area contributed by atoms with Crippen LogP contribution in [-0.2, 0) is 0 Å². The zero-order chi connectivity index (χ0) is 13.3. The Hall–Kier alpha value is -0.250. The van der Waals surface area contributed by atoms with Crippen LogP contribution in [0.3, 0.4) is 0 Å². The molecule has 2 N–H and O–H groups in total. The third-order valence-corrected chi connectivity index (χ3v) is 4.70. The van der Waals surface area contributed by atoms with Crippen LogP contribution >= 0.6 is 58.2 Å². The number of hydrogen-bond acceptors (Lipinski definition) is 2. The van der Waals surface area contributed by atoms with Crippen LogP contribution in [0.4, 0.5) is 5.69 Å². The largest absolute Gasteiger partial charge is 0.398 e. The van der Waals surface area contributed by atoms with Gasteiger partial charge < -0.3 is 5.73 Å². The number of hydrogen-bond donors (Lipinski definition) is 1. The van der Waals surface area contributed by atoms with Gasteiger partial charge >= 0.3 is 0 Å². The number of halogens is 4. The van der Waals surface area contributed by atoms with Gasteiger partial charge in [0.2, 0.25) is 0 Å². The highest BCUT2D eigenvalue weighted by Crippen LogP contribution is 2.38. The molecule has 0 aliphatic heterocycles. The molecule has 0 heterocycles. The second-order valence-electron chi connectivity index (χ2n) is 3.48. The van der Waals surface area contributed by atoms with E-state index in [1.165, 1.54) is 11.8 Å². The van der Waals surface area contributed by atoms with Gasteiger partial charge in [-0.2, -0.15) is 0 Å². The van der Waals surface area contributed by atoms with Crippen LogP contribution in [0.25, 0.3) is 0 Å². The van der Waals surface area contributed by atoms with Crippen molar-refractivity contribution in [2.24, 2.45) is 0 Å². The Bertz CT molecular complexity index is 601. The normalized spacial score (nSPS) is 10.7. The lowest BCUT2D eigenvalue weighted by Gasteiger charge is -2.08. The van der Waals surface area contributed by atoms with E-state index in [2.05, 4.69) is 0 Å². The molecule has 0 spiro atoms. The molecule has 0 aliphatic carbocycles. The standard InChI is InChI=1S/C12H7Cl4NS/c13-7-2-1-6(3-8(7)14)18-12-5-10(16)9(15)4-11(12)17/h1-5H,17H2. The van der Waals surface area contributed by atoms with Crippen molar-refractivity contribution in [1.82, 2.24) is 0 Å². The quantitative estimate of drug-likeness (QED) is 0.676. The van der Waals surface area contributed by atoms with Gasteiger partial charge in [-0.25, -0.2) is 0 Å². The van der Waals surface area contributed by atoms with Crippen LogP contribution in [0.1, 0.15) is 0 Å². The lowest BCUT2D eigenvalue weighted by molar-refractivity contribution is 1.41. The maximum Gasteiger partial charge on any atom is 0.0613 e. The topological polar surface area (TPSA) is 26.0 Å². The first kappa shape index (κ1) is 14.2. The lowest BCUT2D eigenvalue weighted by atomic mass is 10.3. The molecule has 0 aromatic heterocycles. The maximum atomic E-state index is 5.96. The van der Waals surface area contributed by atoms with Crippen molar-refractivity contribution in [2.45, 2.75) is 9.79 Å². The number of nitrogen functional groups attached to an aromatic ring is 1. The summed E-state index contributed by atoms with van der Waals surface area (Å²) in [6.07, 6.45) is 0. The molecular weight excluding hydrogens is 332 g/mol. The van der Waals surface area contributed by atoms with Gasteiger partial charge in [0.25, 0.3) is 0 Å². The molecular formula is C12H7Cl4NS. The molecule has 0 fully saturated rings. The molecule has 6 heteroatoms. The number of nitrogens with two attached hydrogens (primary N) is 1. The van der Waals surface area contributed by atoms with Gasteiger partial charge in [-0.15, -0.1) is 0 Å². The van der Waals surface area contributed by atoms with E-state index in [-0.39, 0.29) is 0 Å². The fourth-order valence-corrected chi connectivity index (χ4v) is 2.98. The first-order valence-electron chi connectivity index (χ1n) is 4.85. The Kier molecular flexibility index (Phi) is 4.57. The molecule has 0 bridgehead atoms. The van der Waals surface area contributed by atoms with Gasteiger partial charge in [-0.1, -0.05) is 58.2 Å². The Morgan fingerprint density at radius 3 is 2.06 bits per heavy atom. The van der Waals surface area contributed by atoms with Gasteiger partial charge in [0.05, 0.1) is 20.1 Å². The van der Waals surface area contributed by atoms with E-state index in [0.717, 1.165) is 9.79 Å². The zero-order valence-electron chi connectivity index (χ0n) is 8.88. The fourth-order valence-electron chi connectivity index (χ4n) is 1.30. The molecule has 1 nitrogen and oxygen atoms in total. The minimum atomic E-state index is 0.438. The number of benzene rings is 2. The van der Waals surface area contributed by atoms with E-state index in [0.29, 0.717) is 25.8 Å². The molecule has 0 aliphatic rings. The van der Waals surface area contributed by atoms with Crippen LogP contribution in [0.5, 0.6) is 0 Å². The summed E-state index contributed by atoms with van der Waals surface area (Å²) in [6.45, 7) is 0. The van der Waals surface area contributed by atoms with Gasteiger partial charge in [0, 0.05) is 15.5 Å². The molecule has 2 rings (SSSR count). The highest BCUT2D eigenvalue weighted by atomic mass is 35.5. The second kappa shape index (κ2) is 5.81. The van der Waals surface area contributed by atoms with E-state index >= 15 is 0 Å². The number of rotatable bonds is 2. The predicted octanol–water partition coefficient (Wildman–Crippen LogP) is 6.03. The van der Waals surface area contributed by atoms with Crippen molar-refractivity contribution in [3.8, 4) is 0 Å². The SMILES string of the molecule is Nc1cc(Cl)c(Cl)cc1Sc1ccc(Cl)c(Cl)c1. The monoisotopic (exact) mass is 337 g/mol. The molecule has 2 aromatic rings. The predicted molar refractivity (Wildman–Crippen MR) is 81.5 cm³/mol. The van der Waals surface area contributed by atoms with E-state index < -0.39 is 0 Å². The van der Waals surface area contributed by atoms with E-state index in [1.807, 2.05) is 6.07 Å². The average molecular weight is 339 g/mol. The van der Waals surface area contributed by atoms with Gasteiger partial charge in [0.15, 0.2) is 0 Å². The van der Waals surface area contributed by atoms with E-state index in [1.54, 1.807) is 24.3 Å². The maximum absolute atomic E-state index is 5.96. The average Bonchev–Trinajstić information content (AvgIpc) is 2.31. The summed E-state index contributed by atoms with van der Waals surface area (Å²) in [5.41, 5.74) is 6.45. The highest BCUT2D eigenvalue weighted by molar-refractivity contribution is 7.99. The van der Waals surface area contributed by atoms with E-state index in [4.69, 9.17) is 52.1 Å². The summed E-state index contributed by atoms with van der Waals surface area (Å²) < 4.78 is 0. The summed E-state index contributed by atoms with van der Waals surface area (Å²) in [4.78, 5) is 1.75. The highest BCUT2D eigenvalue weighted by Gasteiger charge is 2.08. The Labute approximate surface area is 129 Å². The van der Waals surface area contributed by atoms with Crippen molar-refractivity contribution >= 4 is 63.9 Å². The third-order valence-electron chi connectivity index (χ3n) is 2.17. The third kappa shape index (κ3) is 3.19. The molecule has 0 radical (unpaired) electrons. The van der Waals surface area contributed by atoms with Crippen LogP contribution in [0, 0.1) is 0 Å². The van der Waals surface area contributed by atoms with Gasteiger partial charge in [-0.05, 0) is 30.3 Å². The zero-order valence-corrected chi connectivity index (χ0v) is 12.7. The van der Waals surface area contributed by atoms with Crippen molar-refractivity contribution in [3.05, 3.63) is 50.4 Å². The summed E-state index contributed by atoms with van der Waals surface area (Å²) in [6, 6.07) is 8.73. The first-order chi connectivity index (χ1) is 8.47. The fraction of sp³-hybridized carbons (Fsp3) is 0. The van der Waals surface area contributed by atoms with Crippen LogP contribution in [0.2, 0.25) is 20.1 Å². The van der Waals surface area contributed by atoms with Crippen LogP contribution < -0.4 is 5.73 Å². The van der Waals surface area contributed by atoms with Gasteiger partial charge in [0.1, 0.15) is 0 Å². The minimum absolute atomic E-state index is 0.438. The molecule has 0 saturated heterocycles. The molecule has 0 saturated carbocycles. The summed E-state index contributed by atoms with van der Waals surface area (Å²) in [5, 5.41) is 1.92. The summed E-state index contributed by atoms with van der Waals surface area (Å²) in [5.74, 6) is 0. The smallest absolute Gasteiger partial charge is 0.0613 e. The molecule has 0 atom stereocenters. The Morgan fingerprint density at radius 1 is 0.778 bits per heavy atom. The Balaban J connectivity index is 2.34. The molecule has 2 aromatic carbocycles. The van der Waals surface area contributed by atoms with Crippen LogP contribution in [-0.4, -0.2) is 0 Å². The Morgan fingerprint density at radius 2 is 1.39 bits per heavy atom. The van der Waals surface area contributed by atoms with Crippen molar-refractivity contribution in [3.63, 3.8) is 0 Å².